The lowest BCUT2D eigenvalue weighted by Crippen LogP contribution is -2.43. The number of nitrogens with one attached hydrogen (secondary N) is 2. The maximum Gasteiger partial charge on any atom is 0.191 e. The van der Waals surface area contributed by atoms with Crippen LogP contribution in [-0.2, 0) is 16.3 Å². The number of hydrogen-bond donors (Lipinski definition) is 2. The van der Waals surface area contributed by atoms with E-state index in [0.29, 0.717) is 18.9 Å². The van der Waals surface area contributed by atoms with E-state index in [1.807, 2.05) is 48.8 Å². The lowest BCUT2D eigenvalue weighted by atomic mass is 10.3. The Hall–Kier alpha value is -1.36. The second-order valence-corrected chi connectivity index (χ2v) is 8.43. The van der Waals surface area contributed by atoms with E-state index < -0.39 is 9.84 Å². The fourth-order valence-electron chi connectivity index (χ4n) is 2.41. The molecule has 0 aliphatic carbocycles. The van der Waals surface area contributed by atoms with Gasteiger partial charge < -0.3 is 15.0 Å². The van der Waals surface area contributed by atoms with Crippen LogP contribution in [0.4, 0.5) is 0 Å². The monoisotopic (exact) mass is 493 g/mol. The molecule has 2 rings (SSSR count). The molecule has 2 aromatic rings. The van der Waals surface area contributed by atoms with Crippen molar-refractivity contribution < 1.29 is 8.42 Å². The van der Waals surface area contributed by atoms with Gasteiger partial charge >= 0.3 is 0 Å². The van der Waals surface area contributed by atoms with Crippen LogP contribution in [0.1, 0.15) is 26.0 Å². The molecule has 0 aliphatic rings. The van der Waals surface area contributed by atoms with Gasteiger partial charge in [0.15, 0.2) is 5.96 Å². The van der Waals surface area contributed by atoms with E-state index in [0.717, 1.165) is 24.3 Å². The fraction of sp³-hybridized carbons (Fsp3) is 0.529. The van der Waals surface area contributed by atoms with Gasteiger partial charge in [0.2, 0.25) is 0 Å². The van der Waals surface area contributed by atoms with Crippen molar-refractivity contribution in [1.29, 1.82) is 0 Å². The highest BCUT2D eigenvalue weighted by Gasteiger charge is 2.09. The molecule has 0 amide bonds. The summed E-state index contributed by atoms with van der Waals surface area (Å²) >= 11 is 0. The predicted molar refractivity (Wildman–Crippen MR) is 117 cm³/mol. The maximum absolute atomic E-state index is 11.3. The van der Waals surface area contributed by atoms with Crippen molar-refractivity contribution in [3.63, 3.8) is 0 Å². The molecule has 0 saturated heterocycles. The predicted octanol–water partition coefficient (Wildman–Crippen LogP) is 1.87. The van der Waals surface area contributed by atoms with Crippen molar-refractivity contribution in [2.45, 2.75) is 32.7 Å². The molecule has 0 aromatic carbocycles. The Morgan fingerprint density at radius 2 is 2.15 bits per heavy atom. The van der Waals surface area contributed by atoms with E-state index in [4.69, 9.17) is 0 Å². The molecule has 1 unspecified atom stereocenters. The molecule has 2 aromatic heterocycles. The van der Waals surface area contributed by atoms with Crippen molar-refractivity contribution in [3.8, 4) is 0 Å². The van der Waals surface area contributed by atoms with Gasteiger partial charge in [0.1, 0.15) is 15.5 Å². The molecule has 0 radical (unpaired) electrons. The molecule has 0 fully saturated rings. The fourth-order valence-corrected chi connectivity index (χ4v) is 3.19. The molecule has 2 N–H and O–H groups in total. The summed E-state index contributed by atoms with van der Waals surface area (Å²) in [7, 11) is -2.94. The van der Waals surface area contributed by atoms with Gasteiger partial charge in [-0.25, -0.2) is 13.4 Å². The van der Waals surface area contributed by atoms with Crippen LogP contribution in [0.15, 0.2) is 35.6 Å². The second-order valence-electron chi connectivity index (χ2n) is 6.17. The first kappa shape index (κ1) is 22.7. The number of guanidine groups is 1. The van der Waals surface area contributed by atoms with Crippen molar-refractivity contribution in [1.82, 2.24) is 20.0 Å². The van der Waals surface area contributed by atoms with Crippen LogP contribution < -0.4 is 10.6 Å². The summed E-state index contributed by atoms with van der Waals surface area (Å²) in [6.45, 7) is 5.32. The molecular formula is C17H28IN5O2S. The highest BCUT2D eigenvalue weighted by molar-refractivity contribution is 14.0. The van der Waals surface area contributed by atoms with Crippen LogP contribution in [0.2, 0.25) is 0 Å². The number of imidazole rings is 1. The molecule has 2 heterocycles. The number of fused-ring (bicyclic) bond motifs is 1. The highest BCUT2D eigenvalue weighted by Crippen LogP contribution is 2.05. The molecule has 7 nitrogen and oxygen atoms in total. The van der Waals surface area contributed by atoms with Gasteiger partial charge in [0.05, 0.1) is 11.4 Å². The Morgan fingerprint density at radius 3 is 2.81 bits per heavy atom. The quantitative estimate of drug-likeness (QED) is 0.333. The largest absolute Gasteiger partial charge is 0.357 e. The van der Waals surface area contributed by atoms with Crippen LogP contribution in [0, 0.1) is 0 Å². The van der Waals surface area contributed by atoms with Gasteiger partial charge in [0.25, 0.3) is 0 Å². The van der Waals surface area contributed by atoms with Crippen molar-refractivity contribution >= 4 is 45.4 Å². The summed E-state index contributed by atoms with van der Waals surface area (Å²) in [5.41, 5.74) is 1.93. The number of nitrogens with zero attached hydrogens (tertiary/aromatic N) is 3. The lowest BCUT2D eigenvalue weighted by Gasteiger charge is -2.17. The average molecular weight is 493 g/mol. The van der Waals surface area contributed by atoms with Gasteiger partial charge in [-0.15, -0.1) is 24.0 Å². The van der Waals surface area contributed by atoms with Crippen LogP contribution in [-0.4, -0.2) is 54.9 Å². The Balaban J connectivity index is 0.00000338. The minimum Gasteiger partial charge on any atom is -0.357 e. The number of halogens is 1. The molecule has 9 heteroatoms. The topological polar surface area (TPSA) is 87.9 Å². The van der Waals surface area contributed by atoms with E-state index in [-0.39, 0.29) is 35.8 Å². The lowest BCUT2D eigenvalue weighted by molar-refractivity contribution is 0.581. The van der Waals surface area contributed by atoms with Gasteiger partial charge in [-0.2, -0.15) is 0 Å². The van der Waals surface area contributed by atoms with Gasteiger partial charge in [-0.3, -0.25) is 4.99 Å². The van der Waals surface area contributed by atoms with Crippen molar-refractivity contribution in [2.24, 2.45) is 4.99 Å². The third-order valence-electron chi connectivity index (χ3n) is 3.70. The van der Waals surface area contributed by atoms with Crippen molar-refractivity contribution in [2.75, 3.05) is 25.1 Å². The third kappa shape index (κ3) is 7.90. The average Bonchev–Trinajstić information content (AvgIpc) is 2.95. The molecule has 0 saturated carbocycles. The zero-order valence-corrected chi connectivity index (χ0v) is 18.6. The molecule has 146 valence electrons. The third-order valence-corrected chi connectivity index (χ3v) is 4.68. The Kier molecular flexibility index (Phi) is 9.34. The van der Waals surface area contributed by atoms with Crippen molar-refractivity contribution in [3.05, 3.63) is 36.3 Å². The minimum atomic E-state index is -2.94. The molecular weight excluding hydrogens is 465 g/mol. The number of rotatable bonds is 8. The first-order chi connectivity index (χ1) is 11.9. The van der Waals surface area contributed by atoms with E-state index >= 15 is 0 Å². The molecule has 0 spiro atoms. The first-order valence-electron chi connectivity index (χ1n) is 8.52. The van der Waals surface area contributed by atoms with E-state index in [1.54, 1.807) is 0 Å². The minimum absolute atomic E-state index is 0. The summed E-state index contributed by atoms with van der Waals surface area (Å²) < 4.78 is 24.5. The summed E-state index contributed by atoms with van der Waals surface area (Å²) in [6, 6.07) is 5.95. The van der Waals surface area contributed by atoms with E-state index in [2.05, 4.69) is 20.6 Å². The van der Waals surface area contributed by atoms with Crippen LogP contribution in [0.25, 0.3) is 5.65 Å². The highest BCUT2D eigenvalue weighted by atomic mass is 127. The second kappa shape index (κ2) is 10.7. The Bertz CT molecular complexity index is 786. The zero-order valence-electron chi connectivity index (χ0n) is 15.5. The number of hydrogen-bond acceptors (Lipinski definition) is 4. The van der Waals surface area contributed by atoms with Gasteiger partial charge in [-0.05, 0) is 32.4 Å². The normalized spacial score (nSPS) is 13.3. The summed E-state index contributed by atoms with van der Waals surface area (Å²) in [6.07, 6.45) is 6.55. The Morgan fingerprint density at radius 1 is 1.38 bits per heavy atom. The standard InChI is InChI=1S/C17H27N5O2S.HI/c1-4-18-17(20-14(2)9-12-25(3,23)24)19-10-8-15-13-22-11-6-5-7-16(22)21-15;/h5-7,11,13-14H,4,8-10,12H2,1-3H3,(H2,18,19,20);1H. The van der Waals surface area contributed by atoms with E-state index in [1.165, 1.54) is 6.26 Å². The molecule has 26 heavy (non-hydrogen) atoms. The maximum atomic E-state index is 11.3. The first-order valence-corrected chi connectivity index (χ1v) is 10.6. The van der Waals surface area contributed by atoms with Crippen LogP contribution >= 0.6 is 24.0 Å². The SMILES string of the molecule is CCNC(=NCCc1cn2ccccc2n1)NC(C)CCS(C)(=O)=O.I. The summed E-state index contributed by atoms with van der Waals surface area (Å²) in [5.74, 6) is 0.870. The molecule has 0 bridgehead atoms. The zero-order chi connectivity index (χ0) is 18.3. The molecule has 1 atom stereocenters. The number of aliphatic imine (C=N–C) groups is 1. The summed E-state index contributed by atoms with van der Waals surface area (Å²) in [5, 5.41) is 6.44. The summed E-state index contributed by atoms with van der Waals surface area (Å²) in [4.78, 5) is 9.12. The number of sulfone groups is 1. The van der Waals surface area contributed by atoms with Gasteiger partial charge in [-0.1, -0.05) is 6.07 Å². The van der Waals surface area contributed by atoms with Crippen LogP contribution in [0.3, 0.4) is 0 Å². The Labute approximate surface area is 172 Å². The smallest absolute Gasteiger partial charge is 0.191 e. The number of aromatic nitrogens is 2. The molecule has 0 aliphatic heterocycles. The van der Waals surface area contributed by atoms with Crippen LogP contribution in [0.5, 0.6) is 0 Å². The number of pyridine rings is 1. The van der Waals surface area contributed by atoms with E-state index in [9.17, 15) is 8.42 Å². The van der Waals surface area contributed by atoms with Gasteiger partial charge in [0, 0.05) is 44.2 Å².